The van der Waals surface area contributed by atoms with Gasteiger partial charge in [0.15, 0.2) is 0 Å². The van der Waals surface area contributed by atoms with Crippen LogP contribution in [0.25, 0.3) is 10.9 Å². The van der Waals surface area contributed by atoms with Crippen LogP contribution < -0.4 is 5.32 Å². The van der Waals surface area contributed by atoms with E-state index in [1.807, 2.05) is 24.4 Å². The van der Waals surface area contributed by atoms with E-state index in [0.717, 1.165) is 23.9 Å². The van der Waals surface area contributed by atoms with Gasteiger partial charge in [-0.15, -0.1) is 0 Å². The van der Waals surface area contributed by atoms with E-state index in [-0.39, 0.29) is 11.7 Å². The Hall–Kier alpha value is -3.12. The predicted molar refractivity (Wildman–Crippen MR) is 113 cm³/mol. The Kier molecular flexibility index (Phi) is 5.62. The van der Waals surface area contributed by atoms with Gasteiger partial charge in [-0.25, -0.2) is 4.39 Å². The average Bonchev–Trinajstić information content (AvgIpc) is 3.31. The van der Waals surface area contributed by atoms with Gasteiger partial charge in [-0.2, -0.15) is 5.10 Å². The number of fused-ring (bicyclic) bond motifs is 1. The molecule has 0 saturated heterocycles. The highest BCUT2D eigenvalue weighted by Crippen LogP contribution is 2.20. The summed E-state index contributed by atoms with van der Waals surface area (Å²) in [6.45, 7) is 0.398. The number of carbonyl (C=O) groups is 1. The molecule has 29 heavy (non-hydrogen) atoms. The van der Waals surface area contributed by atoms with E-state index in [2.05, 4.69) is 21.5 Å². The van der Waals surface area contributed by atoms with Crippen LogP contribution in [0.4, 0.5) is 10.1 Å². The zero-order valence-corrected chi connectivity index (χ0v) is 16.4. The van der Waals surface area contributed by atoms with E-state index in [4.69, 9.17) is 11.6 Å². The number of para-hydroxylation sites is 1. The highest BCUT2D eigenvalue weighted by atomic mass is 35.5. The van der Waals surface area contributed by atoms with Crippen molar-refractivity contribution in [1.29, 1.82) is 0 Å². The third kappa shape index (κ3) is 4.66. The van der Waals surface area contributed by atoms with Gasteiger partial charge in [-0.3, -0.25) is 9.48 Å². The van der Waals surface area contributed by atoms with Crippen LogP contribution in [0, 0.1) is 5.82 Å². The normalized spacial score (nSPS) is 11.1. The summed E-state index contributed by atoms with van der Waals surface area (Å²) in [4.78, 5) is 15.5. The number of hydrogen-bond donors (Lipinski definition) is 2. The summed E-state index contributed by atoms with van der Waals surface area (Å²) in [7, 11) is 0. The topological polar surface area (TPSA) is 62.7 Å². The second-order valence-electron chi connectivity index (χ2n) is 6.92. The number of aryl methyl sites for hydroxylation is 1. The molecular weight excluding hydrogens is 391 g/mol. The number of nitrogens with one attached hydrogen (secondary N) is 2. The molecule has 0 fully saturated rings. The monoisotopic (exact) mass is 410 g/mol. The Morgan fingerprint density at radius 3 is 2.93 bits per heavy atom. The van der Waals surface area contributed by atoms with Crippen LogP contribution in [0.15, 0.2) is 61.1 Å². The van der Waals surface area contributed by atoms with Crippen LogP contribution in [0.5, 0.6) is 0 Å². The zero-order valence-electron chi connectivity index (χ0n) is 15.7. The average molecular weight is 411 g/mol. The number of halogens is 2. The summed E-state index contributed by atoms with van der Waals surface area (Å²) in [6, 6.07) is 12.4. The van der Waals surface area contributed by atoms with Gasteiger partial charge < -0.3 is 10.3 Å². The van der Waals surface area contributed by atoms with Gasteiger partial charge in [0.05, 0.1) is 18.4 Å². The van der Waals surface area contributed by atoms with Gasteiger partial charge in [-0.05, 0) is 42.2 Å². The molecule has 0 aliphatic rings. The number of nitrogens with zero attached hydrogens (tertiary/aromatic N) is 2. The first-order valence-electron chi connectivity index (χ1n) is 9.40. The SMILES string of the molecule is O=C(CCCc1c[nH]c2ccccc12)Nc1cnn(Cc2ccc(F)cc2Cl)c1. The number of anilines is 1. The number of rotatable bonds is 7. The fraction of sp³-hybridized carbons (Fsp3) is 0.182. The van der Waals surface area contributed by atoms with Gasteiger partial charge in [0.1, 0.15) is 5.82 Å². The number of aromatic amines is 1. The maximum Gasteiger partial charge on any atom is 0.224 e. The molecule has 4 rings (SSSR count). The Morgan fingerprint density at radius 1 is 1.21 bits per heavy atom. The molecule has 5 nitrogen and oxygen atoms in total. The molecule has 7 heteroatoms. The van der Waals surface area contributed by atoms with Crippen molar-refractivity contribution < 1.29 is 9.18 Å². The summed E-state index contributed by atoms with van der Waals surface area (Å²) in [5.41, 5.74) is 3.71. The number of H-pyrrole nitrogens is 1. The predicted octanol–water partition coefficient (Wildman–Crippen LogP) is 5.17. The van der Waals surface area contributed by atoms with Crippen LogP contribution >= 0.6 is 11.6 Å². The number of amides is 1. The molecule has 1 amide bonds. The van der Waals surface area contributed by atoms with Crippen LogP contribution in [0.3, 0.4) is 0 Å². The zero-order chi connectivity index (χ0) is 20.2. The van der Waals surface area contributed by atoms with Crippen molar-refractivity contribution in [3.05, 3.63) is 83.0 Å². The van der Waals surface area contributed by atoms with Crippen molar-refractivity contribution in [2.24, 2.45) is 0 Å². The summed E-state index contributed by atoms with van der Waals surface area (Å²) in [5.74, 6) is -0.427. The molecule has 0 bridgehead atoms. The minimum Gasteiger partial charge on any atom is -0.361 e. The van der Waals surface area contributed by atoms with Gasteiger partial charge in [-0.1, -0.05) is 35.9 Å². The molecule has 0 radical (unpaired) electrons. The highest BCUT2D eigenvalue weighted by Gasteiger charge is 2.08. The summed E-state index contributed by atoms with van der Waals surface area (Å²) >= 11 is 6.05. The molecule has 0 saturated carbocycles. The van der Waals surface area contributed by atoms with E-state index in [0.29, 0.717) is 23.7 Å². The van der Waals surface area contributed by atoms with Crippen molar-refractivity contribution >= 4 is 34.1 Å². The van der Waals surface area contributed by atoms with Crippen molar-refractivity contribution in [2.45, 2.75) is 25.8 Å². The Labute approximate surface area is 172 Å². The van der Waals surface area contributed by atoms with E-state index in [1.54, 1.807) is 23.1 Å². The smallest absolute Gasteiger partial charge is 0.224 e. The fourth-order valence-corrected chi connectivity index (χ4v) is 3.57. The minimum atomic E-state index is -0.375. The maximum atomic E-state index is 13.1. The van der Waals surface area contributed by atoms with Crippen molar-refractivity contribution in [2.75, 3.05) is 5.32 Å². The van der Waals surface area contributed by atoms with Gasteiger partial charge in [0.2, 0.25) is 5.91 Å². The molecule has 4 aromatic rings. The Bertz CT molecular complexity index is 1150. The van der Waals surface area contributed by atoms with Crippen molar-refractivity contribution in [1.82, 2.24) is 14.8 Å². The first-order valence-corrected chi connectivity index (χ1v) is 9.77. The Morgan fingerprint density at radius 2 is 2.07 bits per heavy atom. The largest absolute Gasteiger partial charge is 0.361 e. The highest BCUT2D eigenvalue weighted by molar-refractivity contribution is 6.31. The lowest BCUT2D eigenvalue weighted by Gasteiger charge is -2.05. The first kappa shape index (κ1) is 19.2. The molecule has 2 N–H and O–H groups in total. The fourth-order valence-electron chi connectivity index (χ4n) is 3.34. The van der Waals surface area contributed by atoms with Gasteiger partial charge in [0, 0.05) is 34.7 Å². The molecule has 0 atom stereocenters. The lowest BCUT2D eigenvalue weighted by Crippen LogP contribution is -2.11. The molecule has 0 aliphatic carbocycles. The number of hydrogen-bond acceptors (Lipinski definition) is 2. The number of benzene rings is 2. The van der Waals surface area contributed by atoms with Crippen LogP contribution in [-0.2, 0) is 17.8 Å². The second kappa shape index (κ2) is 8.49. The summed E-state index contributed by atoms with van der Waals surface area (Å²) in [6.07, 6.45) is 7.35. The number of aromatic nitrogens is 3. The van der Waals surface area contributed by atoms with Crippen LogP contribution in [-0.4, -0.2) is 20.7 Å². The minimum absolute atomic E-state index is 0.0517. The lowest BCUT2D eigenvalue weighted by molar-refractivity contribution is -0.116. The second-order valence-corrected chi connectivity index (χ2v) is 7.33. The molecule has 148 valence electrons. The molecule has 0 spiro atoms. The molecule has 2 aromatic carbocycles. The van der Waals surface area contributed by atoms with Gasteiger partial charge >= 0.3 is 0 Å². The standard InChI is InChI=1S/C22H20ClFN4O/c23-20-10-17(24)9-8-16(20)13-28-14-18(12-26-28)27-22(29)7-3-4-15-11-25-21-6-2-1-5-19(15)21/h1-2,5-6,8-12,14,25H,3-4,7,13H2,(H,27,29). The molecule has 0 aliphatic heterocycles. The lowest BCUT2D eigenvalue weighted by atomic mass is 10.1. The van der Waals surface area contributed by atoms with Crippen LogP contribution in [0.1, 0.15) is 24.0 Å². The third-order valence-electron chi connectivity index (χ3n) is 4.79. The molecular formula is C22H20ClFN4O. The van der Waals surface area contributed by atoms with E-state index in [1.165, 1.54) is 23.1 Å². The Balaban J connectivity index is 1.29. The van der Waals surface area contributed by atoms with Crippen LogP contribution in [0.2, 0.25) is 5.02 Å². The quantitative estimate of drug-likeness (QED) is 0.441. The van der Waals surface area contributed by atoms with Crippen molar-refractivity contribution in [3.63, 3.8) is 0 Å². The summed E-state index contributed by atoms with van der Waals surface area (Å²) < 4.78 is 14.8. The van der Waals surface area contributed by atoms with Crippen molar-refractivity contribution in [3.8, 4) is 0 Å². The number of carbonyl (C=O) groups excluding carboxylic acids is 1. The van der Waals surface area contributed by atoms with Gasteiger partial charge in [0.25, 0.3) is 0 Å². The molecule has 2 aromatic heterocycles. The molecule has 0 unspecified atom stereocenters. The van der Waals surface area contributed by atoms with E-state index in [9.17, 15) is 9.18 Å². The molecule has 2 heterocycles. The summed E-state index contributed by atoms with van der Waals surface area (Å²) in [5, 5.41) is 8.65. The van der Waals surface area contributed by atoms with E-state index < -0.39 is 0 Å². The third-order valence-corrected chi connectivity index (χ3v) is 5.14. The first-order chi connectivity index (χ1) is 14.1. The maximum absolute atomic E-state index is 13.1. The van der Waals surface area contributed by atoms with E-state index >= 15 is 0 Å².